The Hall–Kier alpha value is -0.570. The van der Waals surface area contributed by atoms with Gasteiger partial charge in [0.25, 0.3) is 0 Å². The lowest BCUT2D eigenvalue weighted by Crippen LogP contribution is -2.31. The fourth-order valence-corrected chi connectivity index (χ4v) is 2.73. The Bertz CT molecular complexity index is 231. The van der Waals surface area contributed by atoms with Crippen LogP contribution in [0.2, 0.25) is 0 Å². The van der Waals surface area contributed by atoms with Crippen LogP contribution in [0.5, 0.6) is 0 Å². The molecule has 0 atom stereocenters. The molecule has 0 aromatic heterocycles. The number of hydrogen-bond donors (Lipinski definition) is 2. The fourth-order valence-electron chi connectivity index (χ4n) is 2.73. The normalized spacial score (nSPS) is 10.8. The zero-order valence-electron chi connectivity index (χ0n) is 15.2. The number of hydrogen-bond acceptors (Lipinski definition) is 2. The summed E-state index contributed by atoms with van der Waals surface area (Å²) in [6.07, 6.45) is 19.4. The van der Waals surface area contributed by atoms with Crippen LogP contribution in [0.15, 0.2) is 0 Å². The van der Waals surface area contributed by atoms with Gasteiger partial charge in [-0.2, -0.15) is 0 Å². The van der Waals surface area contributed by atoms with Gasteiger partial charge in [0, 0.05) is 7.05 Å². The van der Waals surface area contributed by atoms with Gasteiger partial charge in [-0.1, -0.05) is 90.4 Å². The Morgan fingerprint density at radius 3 is 1.50 bits per heavy atom. The Morgan fingerprint density at radius 1 is 0.682 bits per heavy atom. The number of rotatable bonds is 17. The summed E-state index contributed by atoms with van der Waals surface area (Å²) in [6.45, 7) is 3.70. The largest absolute Gasteiger partial charge is 0.358 e. The van der Waals surface area contributed by atoms with Crippen molar-refractivity contribution in [1.29, 1.82) is 0 Å². The SMILES string of the molecule is CCCCCCCCCCCCCCCCNCC(=O)NC. The van der Waals surface area contributed by atoms with Crippen molar-refractivity contribution < 1.29 is 4.79 Å². The summed E-state index contributed by atoms with van der Waals surface area (Å²) in [6, 6.07) is 0. The standard InChI is InChI=1S/C19H40N2O/c1-3-4-5-6-7-8-9-10-11-12-13-14-15-16-17-21-18-19(22)20-2/h21H,3-18H2,1-2H3,(H,20,22). The zero-order valence-corrected chi connectivity index (χ0v) is 15.2. The van der Waals surface area contributed by atoms with E-state index in [2.05, 4.69) is 17.6 Å². The van der Waals surface area contributed by atoms with Gasteiger partial charge in [-0.25, -0.2) is 0 Å². The third-order valence-corrected chi connectivity index (χ3v) is 4.27. The van der Waals surface area contributed by atoms with Crippen LogP contribution in [0.25, 0.3) is 0 Å². The van der Waals surface area contributed by atoms with Crippen molar-refractivity contribution in [3.63, 3.8) is 0 Å². The summed E-state index contributed by atoms with van der Waals surface area (Å²) in [5.74, 6) is 0.0744. The highest BCUT2D eigenvalue weighted by atomic mass is 16.1. The van der Waals surface area contributed by atoms with E-state index in [1.165, 1.54) is 89.9 Å². The molecule has 0 saturated carbocycles. The highest BCUT2D eigenvalue weighted by Gasteiger charge is 1.96. The van der Waals surface area contributed by atoms with E-state index in [0.717, 1.165) is 6.54 Å². The first kappa shape index (κ1) is 21.4. The molecule has 1 amide bonds. The van der Waals surface area contributed by atoms with Gasteiger partial charge in [-0.15, -0.1) is 0 Å². The van der Waals surface area contributed by atoms with Crippen molar-refractivity contribution in [2.75, 3.05) is 20.1 Å². The highest BCUT2D eigenvalue weighted by molar-refractivity contribution is 5.77. The molecule has 0 radical (unpaired) electrons. The predicted octanol–water partition coefficient (Wildman–Crippen LogP) is 4.80. The minimum Gasteiger partial charge on any atom is -0.358 e. The summed E-state index contributed by atoms with van der Waals surface area (Å²) in [7, 11) is 1.68. The van der Waals surface area contributed by atoms with Crippen molar-refractivity contribution in [1.82, 2.24) is 10.6 Å². The summed E-state index contributed by atoms with van der Waals surface area (Å²) < 4.78 is 0. The highest BCUT2D eigenvalue weighted by Crippen LogP contribution is 2.12. The molecule has 0 aliphatic rings. The lowest BCUT2D eigenvalue weighted by Gasteiger charge is -2.04. The fraction of sp³-hybridized carbons (Fsp3) is 0.947. The number of carbonyl (C=O) groups excluding carboxylic acids is 1. The first-order valence-electron chi connectivity index (χ1n) is 9.72. The third kappa shape index (κ3) is 17.5. The quantitative estimate of drug-likeness (QED) is 0.379. The molecule has 0 aromatic rings. The molecule has 0 aromatic carbocycles. The lowest BCUT2D eigenvalue weighted by atomic mass is 10.0. The van der Waals surface area contributed by atoms with E-state index in [1.807, 2.05) is 0 Å². The minimum absolute atomic E-state index is 0.0744. The van der Waals surface area contributed by atoms with Crippen LogP contribution in [0.3, 0.4) is 0 Å². The van der Waals surface area contributed by atoms with E-state index in [4.69, 9.17) is 0 Å². The molecule has 0 saturated heterocycles. The van der Waals surface area contributed by atoms with Crippen LogP contribution in [0.4, 0.5) is 0 Å². The first-order valence-corrected chi connectivity index (χ1v) is 9.72. The molecule has 0 fully saturated rings. The number of unbranched alkanes of at least 4 members (excludes halogenated alkanes) is 13. The third-order valence-electron chi connectivity index (χ3n) is 4.27. The summed E-state index contributed by atoms with van der Waals surface area (Å²) in [4.78, 5) is 11.0. The van der Waals surface area contributed by atoms with Crippen LogP contribution in [-0.4, -0.2) is 26.0 Å². The van der Waals surface area contributed by atoms with E-state index in [-0.39, 0.29) is 5.91 Å². The van der Waals surface area contributed by atoms with Crippen LogP contribution in [-0.2, 0) is 4.79 Å². The summed E-state index contributed by atoms with van der Waals surface area (Å²) in [5.41, 5.74) is 0. The molecule has 22 heavy (non-hydrogen) atoms. The first-order chi connectivity index (χ1) is 10.8. The smallest absolute Gasteiger partial charge is 0.233 e. The van der Waals surface area contributed by atoms with Crippen LogP contribution >= 0.6 is 0 Å². The molecule has 0 spiro atoms. The van der Waals surface area contributed by atoms with E-state index < -0.39 is 0 Å². The molecular weight excluding hydrogens is 272 g/mol. The molecule has 3 nitrogen and oxygen atoms in total. The Balaban J connectivity index is 2.98. The van der Waals surface area contributed by atoms with Gasteiger partial charge in [0.05, 0.1) is 6.54 Å². The van der Waals surface area contributed by atoms with Gasteiger partial charge in [-0.05, 0) is 13.0 Å². The average Bonchev–Trinajstić information content (AvgIpc) is 2.54. The Morgan fingerprint density at radius 2 is 1.09 bits per heavy atom. The van der Waals surface area contributed by atoms with Crippen molar-refractivity contribution in [3.8, 4) is 0 Å². The molecule has 0 aliphatic heterocycles. The number of likely N-dealkylation sites (N-methyl/N-ethyl adjacent to an activating group) is 1. The molecule has 132 valence electrons. The van der Waals surface area contributed by atoms with Crippen LogP contribution < -0.4 is 10.6 Å². The van der Waals surface area contributed by atoms with Crippen molar-refractivity contribution in [2.45, 2.75) is 96.8 Å². The summed E-state index contributed by atoms with van der Waals surface area (Å²) >= 11 is 0. The summed E-state index contributed by atoms with van der Waals surface area (Å²) in [5, 5.41) is 5.78. The van der Waals surface area contributed by atoms with E-state index in [0.29, 0.717) is 6.54 Å². The molecule has 0 bridgehead atoms. The second-order valence-electron chi connectivity index (χ2n) is 6.45. The van der Waals surface area contributed by atoms with Gasteiger partial charge < -0.3 is 10.6 Å². The van der Waals surface area contributed by atoms with Gasteiger partial charge >= 0.3 is 0 Å². The van der Waals surface area contributed by atoms with Crippen molar-refractivity contribution in [3.05, 3.63) is 0 Å². The number of amides is 1. The molecule has 3 heteroatoms. The maximum atomic E-state index is 11.0. The Labute approximate surface area is 139 Å². The number of carbonyl (C=O) groups is 1. The van der Waals surface area contributed by atoms with E-state index in [1.54, 1.807) is 7.05 Å². The van der Waals surface area contributed by atoms with Gasteiger partial charge in [0.2, 0.25) is 5.91 Å². The zero-order chi connectivity index (χ0) is 16.3. The molecule has 0 unspecified atom stereocenters. The lowest BCUT2D eigenvalue weighted by molar-refractivity contribution is -0.119. The van der Waals surface area contributed by atoms with Crippen molar-refractivity contribution in [2.24, 2.45) is 0 Å². The second kappa shape index (κ2) is 18.5. The molecule has 0 rings (SSSR count). The average molecular weight is 313 g/mol. The number of nitrogens with one attached hydrogen (secondary N) is 2. The van der Waals surface area contributed by atoms with E-state index >= 15 is 0 Å². The topological polar surface area (TPSA) is 41.1 Å². The maximum Gasteiger partial charge on any atom is 0.233 e. The minimum atomic E-state index is 0.0744. The van der Waals surface area contributed by atoms with Crippen LogP contribution in [0, 0.1) is 0 Å². The van der Waals surface area contributed by atoms with Crippen LogP contribution in [0.1, 0.15) is 96.8 Å². The molecule has 0 aliphatic carbocycles. The Kier molecular flexibility index (Phi) is 18.0. The maximum absolute atomic E-state index is 11.0. The van der Waals surface area contributed by atoms with E-state index in [9.17, 15) is 4.79 Å². The monoisotopic (exact) mass is 312 g/mol. The molecule has 0 heterocycles. The van der Waals surface area contributed by atoms with Gasteiger partial charge in [0.15, 0.2) is 0 Å². The molecular formula is C19H40N2O. The molecule has 2 N–H and O–H groups in total. The predicted molar refractivity (Wildman–Crippen MR) is 97.2 cm³/mol. The second-order valence-corrected chi connectivity index (χ2v) is 6.45. The van der Waals surface area contributed by atoms with Gasteiger partial charge in [-0.3, -0.25) is 4.79 Å². The van der Waals surface area contributed by atoms with Crippen molar-refractivity contribution >= 4 is 5.91 Å². The van der Waals surface area contributed by atoms with Gasteiger partial charge in [0.1, 0.15) is 0 Å².